The molecule has 4 rings (SSSR count). The summed E-state index contributed by atoms with van der Waals surface area (Å²) in [5.41, 5.74) is 2.12. The maximum absolute atomic E-state index is 11.1. The topological polar surface area (TPSA) is 121 Å². The van der Waals surface area contributed by atoms with Gasteiger partial charge in [-0.1, -0.05) is 53.8 Å². The third-order valence-electron chi connectivity index (χ3n) is 5.38. The molecule has 176 valence electrons. The normalized spacial score (nSPS) is 23.2. The van der Waals surface area contributed by atoms with Crippen molar-refractivity contribution in [3.8, 4) is 0 Å². The lowest BCUT2D eigenvalue weighted by atomic mass is 10.0. The molecular formula is C23H28N4O5S. The van der Waals surface area contributed by atoms with Crippen LogP contribution < -0.4 is 10.1 Å². The maximum atomic E-state index is 11.1. The lowest BCUT2D eigenvalue weighted by Crippen LogP contribution is -2.52. The van der Waals surface area contributed by atoms with Crippen LogP contribution in [-0.2, 0) is 16.5 Å². The number of aromatic nitrogens is 1. The number of aliphatic hydroxyl groups is 3. The average molecular weight is 473 g/mol. The molecule has 1 aliphatic heterocycles. The summed E-state index contributed by atoms with van der Waals surface area (Å²) in [6.07, 6.45) is -3.93. The maximum Gasteiger partial charge on any atom is 0.211 e. The van der Waals surface area contributed by atoms with Crippen LogP contribution in [-0.4, -0.2) is 70.2 Å². The van der Waals surface area contributed by atoms with E-state index in [-0.39, 0.29) is 19.8 Å². The number of para-hydroxylation sites is 1. The van der Waals surface area contributed by atoms with Crippen LogP contribution in [0.4, 0.5) is 0 Å². The zero-order valence-corrected chi connectivity index (χ0v) is 19.1. The molecule has 3 aromatic rings. The third kappa shape index (κ3) is 5.56. The first kappa shape index (κ1) is 23.7. The van der Waals surface area contributed by atoms with Gasteiger partial charge >= 0.3 is 0 Å². The minimum Gasteiger partial charge on any atom is -0.395 e. The summed E-state index contributed by atoms with van der Waals surface area (Å²) in [6, 6.07) is 17.3. The van der Waals surface area contributed by atoms with Gasteiger partial charge in [0.05, 0.1) is 29.1 Å². The average Bonchev–Trinajstić information content (AvgIpc) is 3.17. The summed E-state index contributed by atoms with van der Waals surface area (Å²) in [5.74, 6) is 0. The van der Waals surface area contributed by atoms with Gasteiger partial charge in [-0.2, -0.15) is 5.10 Å². The van der Waals surface area contributed by atoms with Crippen LogP contribution >= 0.6 is 11.3 Å². The summed E-state index contributed by atoms with van der Waals surface area (Å²) in [4.78, 5) is 0.665. The Labute approximate surface area is 195 Å². The highest BCUT2D eigenvalue weighted by Crippen LogP contribution is 2.28. The van der Waals surface area contributed by atoms with Crippen molar-refractivity contribution in [3.05, 3.63) is 65.0 Å². The molecule has 9 nitrogen and oxygen atoms in total. The Kier molecular flexibility index (Phi) is 7.99. The number of fused-ring (bicyclic) bond motifs is 1. The fraction of sp³-hybridized carbons (Fsp3) is 0.391. The van der Waals surface area contributed by atoms with E-state index in [0.717, 1.165) is 15.8 Å². The lowest BCUT2D eigenvalue weighted by Gasteiger charge is -2.36. The van der Waals surface area contributed by atoms with Crippen molar-refractivity contribution < 1.29 is 24.8 Å². The van der Waals surface area contributed by atoms with E-state index in [1.165, 1.54) is 11.3 Å². The van der Waals surface area contributed by atoms with Gasteiger partial charge < -0.3 is 34.7 Å². The molecule has 0 amide bonds. The van der Waals surface area contributed by atoms with Gasteiger partial charge in [0.15, 0.2) is 6.29 Å². The van der Waals surface area contributed by atoms with E-state index < -0.39 is 24.6 Å². The highest BCUT2D eigenvalue weighted by atomic mass is 32.1. The number of rotatable bonds is 8. The molecule has 1 aromatic heterocycles. The third-order valence-corrected chi connectivity index (χ3v) is 6.48. The van der Waals surface area contributed by atoms with Crippen molar-refractivity contribution in [2.75, 3.05) is 26.3 Å². The molecule has 0 aliphatic carbocycles. The number of hydrogen-bond acceptors (Lipinski definition) is 9. The molecule has 1 aliphatic rings. The largest absolute Gasteiger partial charge is 0.395 e. The molecule has 2 aromatic carbocycles. The van der Waals surface area contributed by atoms with Crippen molar-refractivity contribution in [2.45, 2.75) is 24.6 Å². The van der Waals surface area contributed by atoms with Crippen molar-refractivity contribution in [3.63, 3.8) is 0 Å². The van der Waals surface area contributed by atoms with Crippen molar-refractivity contribution in [1.82, 2.24) is 9.88 Å². The Balaban J connectivity index is 1.61. The second-order valence-electron chi connectivity index (χ2n) is 7.69. The SMILES string of the molecule is Cn1/c(=N\N=C(\CNCCO)[C@@H](O)[C@@H]2OC(c3ccccc3)OC[C@H]2O)sc2ccccc21. The fourth-order valence-corrected chi connectivity index (χ4v) is 4.56. The van der Waals surface area contributed by atoms with Gasteiger partial charge in [0.25, 0.3) is 0 Å². The van der Waals surface area contributed by atoms with Gasteiger partial charge in [0, 0.05) is 25.7 Å². The first-order valence-corrected chi connectivity index (χ1v) is 11.5. The zero-order chi connectivity index (χ0) is 23.2. The van der Waals surface area contributed by atoms with Crippen molar-refractivity contribution in [2.24, 2.45) is 17.3 Å². The summed E-state index contributed by atoms with van der Waals surface area (Å²) in [5, 5.41) is 42.5. The number of thiazole rings is 1. The van der Waals surface area contributed by atoms with Crippen LogP contribution in [0.1, 0.15) is 11.9 Å². The Morgan fingerprint density at radius 1 is 1.21 bits per heavy atom. The summed E-state index contributed by atoms with van der Waals surface area (Å²) in [6.45, 7) is 0.453. The minimum absolute atomic E-state index is 0.0149. The molecule has 4 N–H and O–H groups in total. The van der Waals surface area contributed by atoms with E-state index in [1.807, 2.05) is 66.2 Å². The predicted octanol–water partition coefficient (Wildman–Crippen LogP) is 0.914. The molecule has 0 radical (unpaired) electrons. The van der Waals surface area contributed by atoms with E-state index in [2.05, 4.69) is 15.5 Å². The summed E-state index contributed by atoms with van der Waals surface area (Å²) >= 11 is 1.49. The van der Waals surface area contributed by atoms with E-state index >= 15 is 0 Å². The number of aliphatic hydroxyl groups excluding tert-OH is 3. The molecule has 1 fully saturated rings. The fourth-order valence-electron chi connectivity index (χ4n) is 3.59. The molecule has 10 heteroatoms. The van der Waals surface area contributed by atoms with Crippen molar-refractivity contribution >= 4 is 27.3 Å². The van der Waals surface area contributed by atoms with Crippen LogP contribution in [0.5, 0.6) is 0 Å². The number of benzene rings is 2. The molecule has 33 heavy (non-hydrogen) atoms. The molecular weight excluding hydrogens is 444 g/mol. The first-order valence-electron chi connectivity index (χ1n) is 10.7. The molecule has 1 unspecified atom stereocenters. The van der Waals surface area contributed by atoms with Crippen LogP contribution in [0.2, 0.25) is 0 Å². The highest BCUT2D eigenvalue weighted by Gasteiger charge is 2.38. The minimum atomic E-state index is -1.23. The Morgan fingerprint density at radius 2 is 1.97 bits per heavy atom. The van der Waals surface area contributed by atoms with E-state index in [9.17, 15) is 10.2 Å². The molecule has 2 heterocycles. The van der Waals surface area contributed by atoms with Gasteiger partial charge in [-0.15, -0.1) is 5.10 Å². The van der Waals surface area contributed by atoms with Crippen LogP contribution in [0.3, 0.4) is 0 Å². The molecule has 4 atom stereocenters. The van der Waals surface area contributed by atoms with Crippen LogP contribution in [0, 0.1) is 0 Å². The van der Waals surface area contributed by atoms with Gasteiger partial charge in [-0.05, 0) is 12.1 Å². The van der Waals surface area contributed by atoms with Gasteiger partial charge in [-0.3, -0.25) is 0 Å². The Morgan fingerprint density at radius 3 is 2.73 bits per heavy atom. The monoisotopic (exact) mass is 472 g/mol. The quantitative estimate of drug-likeness (QED) is 0.220. The van der Waals surface area contributed by atoms with Gasteiger partial charge in [0.2, 0.25) is 4.80 Å². The number of ether oxygens (including phenoxy) is 2. The summed E-state index contributed by atoms with van der Waals surface area (Å²) in [7, 11) is 1.91. The van der Waals surface area contributed by atoms with E-state index in [1.54, 1.807) is 0 Å². The van der Waals surface area contributed by atoms with Gasteiger partial charge in [0.1, 0.15) is 18.3 Å². The second-order valence-corrected chi connectivity index (χ2v) is 8.70. The molecule has 1 saturated heterocycles. The van der Waals surface area contributed by atoms with Gasteiger partial charge in [-0.25, -0.2) is 0 Å². The van der Waals surface area contributed by atoms with E-state index in [0.29, 0.717) is 17.1 Å². The lowest BCUT2D eigenvalue weighted by molar-refractivity contribution is -0.269. The zero-order valence-electron chi connectivity index (χ0n) is 18.2. The smallest absolute Gasteiger partial charge is 0.211 e. The second kappa shape index (κ2) is 11.1. The predicted molar refractivity (Wildman–Crippen MR) is 126 cm³/mol. The molecule has 0 saturated carbocycles. The summed E-state index contributed by atoms with van der Waals surface area (Å²) < 4.78 is 14.6. The van der Waals surface area contributed by atoms with Crippen LogP contribution in [0.15, 0.2) is 64.8 Å². The van der Waals surface area contributed by atoms with Crippen molar-refractivity contribution in [1.29, 1.82) is 0 Å². The van der Waals surface area contributed by atoms with E-state index in [4.69, 9.17) is 14.6 Å². The molecule has 0 spiro atoms. The number of hydrogen-bond donors (Lipinski definition) is 4. The Bertz CT molecular complexity index is 1150. The first-order chi connectivity index (χ1) is 16.1. The number of nitrogens with zero attached hydrogens (tertiary/aromatic N) is 3. The standard InChI is InChI=1S/C23H28N4O5S/c1-27-17-9-5-6-10-19(17)33-23(27)26-25-16(13-24-11-12-28)20(30)21-18(29)14-31-22(32-21)15-7-3-2-4-8-15/h2-10,18,20-22,24,28-30H,11-14H2,1H3/b25-16-,26-23+/t18-,20-,21-,22?/m1/s1. The number of aryl methyl sites for hydroxylation is 1. The highest BCUT2D eigenvalue weighted by molar-refractivity contribution is 7.16. The Hall–Kier alpha value is -2.44. The number of nitrogens with one attached hydrogen (secondary N) is 1. The van der Waals surface area contributed by atoms with Crippen LogP contribution in [0.25, 0.3) is 10.2 Å². The molecule has 0 bridgehead atoms.